The summed E-state index contributed by atoms with van der Waals surface area (Å²) in [5, 5.41) is 10.7. The van der Waals surface area contributed by atoms with E-state index in [0.717, 1.165) is 22.2 Å². The number of aliphatic hydroxyl groups excluding tert-OH is 1. The zero-order chi connectivity index (χ0) is 10.7. The fourth-order valence-corrected chi connectivity index (χ4v) is 1.59. The summed E-state index contributed by atoms with van der Waals surface area (Å²) in [6, 6.07) is 11.4. The molecule has 0 saturated heterocycles. The first kappa shape index (κ1) is 9.80. The van der Waals surface area contributed by atoms with Crippen LogP contribution in [-0.4, -0.2) is 18.3 Å². The van der Waals surface area contributed by atoms with E-state index in [1.807, 2.05) is 36.4 Å². The predicted molar refractivity (Wildman–Crippen MR) is 60.9 cm³/mol. The minimum absolute atomic E-state index is 0.0126. The van der Waals surface area contributed by atoms with Crippen molar-refractivity contribution >= 4 is 16.5 Å². The number of ether oxygens (including phenoxy) is 1. The second kappa shape index (κ2) is 4.19. The van der Waals surface area contributed by atoms with Gasteiger partial charge in [0.2, 0.25) is 0 Å². The maximum absolute atomic E-state index is 8.70. The third-order valence-electron chi connectivity index (χ3n) is 2.26. The van der Waals surface area contributed by atoms with E-state index in [2.05, 4.69) is 0 Å². The zero-order valence-electron chi connectivity index (χ0n) is 8.31. The van der Waals surface area contributed by atoms with Crippen molar-refractivity contribution in [1.29, 1.82) is 0 Å². The molecule has 3 N–H and O–H groups in total. The fraction of sp³-hybridized carbons (Fsp3) is 0.167. The van der Waals surface area contributed by atoms with E-state index in [0.29, 0.717) is 6.61 Å². The highest BCUT2D eigenvalue weighted by Gasteiger charge is 2.02. The Hall–Kier alpha value is -1.74. The largest absolute Gasteiger partial charge is 0.491 e. The molecule has 3 nitrogen and oxygen atoms in total. The average Bonchev–Trinajstić information content (AvgIpc) is 2.27. The van der Waals surface area contributed by atoms with Gasteiger partial charge >= 0.3 is 0 Å². The highest BCUT2D eigenvalue weighted by molar-refractivity contribution is 5.96. The van der Waals surface area contributed by atoms with E-state index < -0.39 is 0 Å². The van der Waals surface area contributed by atoms with E-state index in [9.17, 15) is 0 Å². The Bertz CT molecular complexity index is 468. The van der Waals surface area contributed by atoms with Gasteiger partial charge in [0.05, 0.1) is 6.61 Å². The molecule has 2 rings (SSSR count). The number of hydrogen-bond donors (Lipinski definition) is 2. The van der Waals surface area contributed by atoms with Gasteiger partial charge in [-0.1, -0.05) is 24.3 Å². The normalized spacial score (nSPS) is 10.5. The molecule has 0 bridgehead atoms. The standard InChI is InChI=1S/C12H13NO2/c13-11-5-1-4-10-9(11)3-2-6-12(10)15-8-7-14/h1-6,14H,7-8,13H2. The van der Waals surface area contributed by atoms with Crippen LogP contribution in [0.3, 0.4) is 0 Å². The second-order valence-electron chi connectivity index (χ2n) is 3.27. The van der Waals surface area contributed by atoms with E-state index >= 15 is 0 Å². The number of anilines is 1. The molecule has 15 heavy (non-hydrogen) atoms. The molecule has 0 saturated carbocycles. The van der Waals surface area contributed by atoms with Crippen molar-refractivity contribution in [3.8, 4) is 5.75 Å². The fourth-order valence-electron chi connectivity index (χ4n) is 1.59. The molecule has 78 valence electrons. The summed E-state index contributed by atoms with van der Waals surface area (Å²) in [6.07, 6.45) is 0. The number of fused-ring (bicyclic) bond motifs is 1. The molecule has 0 aromatic heterocycles. The molecule has 0 radical (unpaired) electrons. The Kier molecular flexibility index (Phi) is 2.74. The Labute approximate surface area is 88.1 Å². The molecule has 0 atom stereocenters. The molecule has 2 aromatic carbocycles. The van der Waals surface area contributed by atoms with Gasteiger partial charge in [-0.25, -0.2) is 0 Å². The molecule has 0 aliphatic carbocycles. The Morgan fingerprint density at radius 3 is 2.60 bits per heavy atom. The maximum Gasteiger partial charge on any atom is 0.127 e. The van der Waals surface area contributed by atoms with Gasteiger partial charge in [0.1, 0.15) is 12.4 Å². The highest BCUT2D eigenvalue weighted by atomic mass is 16.5. The molecule has 2 aromatic rings. The van der Waals surface area contributed by atoms with Crippen molar-refractivity contribution in [2.24, 2.45) is 0 Å². The van der Waals surface area contributed by atoms with Crippen molar-refractivity contribution in [2.45, 2.75) is 0 Å². The molecule has 0 spiro atoms. The predicted octanol–water partition coefficient (Wildman–Crippen LogP) is 1.79. The number of aliphatic hydroxyl groups is 1. The van der Waals surface area contributed by atoms with Crippen LogP contribution in [0.1, 0.15) is 0 Å². The lowest BCUT2D eigenvalue weighted by atomic mass is 10.1. The van der Waals surface area contributed by atoms with Crippen molar-refractivity contribution in [3.63, 3.8) is 0 Å². The first-order valence-electron chi connectivity index (χ1n) is 4.84. The van der Waals surface area contributed by atoms with Gasteiger partial charge in [-0.3, -0.25) is 0 Å². The van der Waals surface area contributed by atoms with Crippen molar-refractivity contribution < 1.29 is 9.84 Å². The number of rotatable bonds is 3. The summed E-state index contributed by atoms with van der Waals surface area (Å²) < 4.78 is 5.42. The van der Waals surface area contributed by atoms with Crippen LogP contribution in [0.4, 0.5) is 5.69 Å². The smallest absolute Gasteiger partial charge is 0.127 e. The first-order valence-corrected chi connectivity index (χ1v) is 4.84. The van der Waals surface area contributed by atoms with Gasteiger partial charge in [0, 0.05) is 16.5 Å². The van der Waals surface area contributed by atoms with E-state index in [1.165, 1.54) is 0 Å². The Balaban J connectivity index is 2.51. The summed E-state index contributed by atoms with van der Waals surface area (Å²) in [5.74, 6) is 0.758. The van der Waals surface area contributed by atoms with Gasteiger partial charge < -0.3 is 15.6 Å². The van der Waals surface area contributed by atoms with Gasteiger partial charge in [0.25, 0.3) is 0 Å². The van der Waals surface area contributed by atoms with Crippen LogP contribution in [0.15, 0.2) is 36.4 Å². The third-order valence-corrected chi connectivity index (χ3v) is 2.26. The number of nitrogens with two attached hydrogens (primary N) is 1. The average molecular weight is 203 g/mol. The van der Waals surface area contributed by atoms with Crippen LogP contribution in [-0.2, 0) is 0 Å². The lowest BCUT2D eigenvalue weighted by Gasteiger charge is -2.09. The van der Waals surface area contributed by atoms with E-state index in [4.69, 9.17) is 15.6 Å². The monoisotopic (exact) mass is 203 g/mol. The van der Waals surface area contributed by atoms with Gasteiger partial charge in [-0.05, 0) is 12.1 Å². The number of nitrogen functional groups attached to an aromatic ring is 1. The molecular formula is C12H13NO2. The van der Waals surface area contributed by atoms with Crippen LogP contribution in [0.5, 0.6) is 5.75 Å². The Morgan fingerprint density at radius 2 is 1.80 bits per heavy atom. The van der Waals surface area contributed by atoms with Crippen LogP contribution in [0.2, 0.25) is 0 Å². The molecule has 0 fully saturated rings. The van der Waals surface area contributed by atoms with E-state index in [-0.39, 0.29) is 6.61 Å². The molecule has 0 unspecified atom stereocenters. The molecule has 0 amide bonds. The van der Waals surface area contributed by atoms with Crippen molar-refractivity contribution in [3.05, 3.63) is 36.4 Å². The molecule has 3 heteroatoms. The minimum Gasteiger partial charge on any atom is -0.491 e. The van der Waals surface area contributed by atoms with E-state index in [1.54, 1.807) is 0 Å². The number of benzene rings is 2. The molecule has 0 aliphatic heterocycles. The Morgan fingerprint density at radius 1 is 1.07 bits per heavy atom. The summed E-state index contributed by atoms with van der Waals surface area (Å²) in [6.45, 7) is 0.312. The van der Waals surface area contributed by atoms with Crippen LogP contribution in [0, 0.1) is 0 Å². The molecule has 0 heterocycles. The van der Waals surface area contributed by atoms with Crippen LogP contribution >= 0.6 is 0 Å². The number of hydrogen-bond acceptors (Lipinski definition) is 3. The van der Waals surface area contributed by atoms with Crippen molar-refractivity contribution in [2.75, 3.05) is 18.9 Å². The third kappa shape index (κ3) is 1.87. The summed E-state index contributed by atoms with van der Waals surface area (Å²) >= 11 is 0. The highest BCUT2D eigenvalue weighted by Crippen LogP contribution is 2.28. The minimum atomic E-state index is 0.0126. The van der Waals surface area contributed by atoms with Crippen molar-refractivity contribution in [1.82, 2.24) is 0 Å². The zero-order valence-corrected chi connectivity index (χ0v) is 8.31. The SMILES string of the molecule is Nc1cccc2c(OCCO)cccc12. The van der Waals surface area contributed by atoms with Crippen LogP contribution < -0.4 is 10.5 Å². The topological polar surface area (TPSA) is 55.5 Å². The van der Waals surface area contributed by atoms with Gasteiger partial charge in [-0.2, -0.15) is 0 Å². The lowest BCUT2D eigenvalue weighted by Crippen LogP contribution is -2.02. The van der Waals surface area contributed by atoms with Gasteiger partial charge in [-0.15, -0.1) is 0 Å². The molecule has 0 aliphatic rings. The van der Waals surface area contributed by atoms with Crippen LogP contribution in [0.25, 0.3) is 10.8 Å². The maximum atomic E-state index is 8.70. The summed E-state index contributed by atoms with van der Waals surface area (Å²) in [7, 11) is 0. The van der Waals surface area contributed by atoms with Gasteiger partial charge in [0.15, 0.2) is 0 Å². The summed E-state index contributed by atoms with van der Waals surface area (Å²) in [4.78, 5) is 0. The lowest BCUT2D eigenvalue weighted by molar-refractivity contribution is 0.203. The first-order chi connectivity index (χ1) is 7.33. The summed E-state index contributed by atoms with van der Waals surface area (Å²) in [5.41, 5.74) is 6.59. The quantitative estimate of drug-likeness (QED) is 0.748. The second-order valence-corrected chi connectivity index (χ2v) is 3.27. The molecular weight excluding hydrogens is 190 g/mol.